The van der Waals surface area contributed by atoms with Gasteiger partial charge < -0.3 is 10.6 Å². The van der Waals surface area contributed by atoms with Crippen LogP contribution in [0.3, 0.4) is 0 Å². The number of hydrogen-bond donors (Lipinski definition) is 2. The summed E-state index contributed by atoms with van der Waals surface area (Å²) < 4.78 is 0. The number of nitrogens with one attached hydrogen (secondary N) is 1. The largest absolute Gasteiger partial charge is 0.368 e. The molecule has 0 aromatic rings. The minimum Gasteiger partial charge on any atom is -0.368 e. The highest BCUT2D eigenvalue weighted by Crippen LogP contribution is 2.14. The predicted molar refractivity (Wildman–Crippen MR) is 53.6 cm³/mol. The molecule has 1 saturated heterocycles. The van der Waals surface area contributed by atoms with E-state index in [1.54, 1.807) is 4.90 Å². The minimum absolute atomic E-state index is 0.296. The number of carbonyl (C=O) groups excluding carboxylic acids is 2. The number of hydroxylamine groups is 1. The summed E-state index contributed by atoms with van der Waals surface area (Å²) in [5, 5.41) is 0. The number of amides is 3. The number of hydrogen-bond acceptors (Lipinski definition) is 3. The van der Waals surface area contributed by atoms with Crippen molar-refractivity contribution in [1.29, 1.82) is 0 Å². The Bertz CT molecular complexity index is 245. The molecule has 1 fully saturated rings. The van der Waals surface area contributed by atoms with Crippen molar-refractivity contribution < 1.29 is 14.4 Å². The lowest BCUT2D eigenvalue weighted by Crippen LogP contribution is -2.45. The number of urea groups is 1. The Morgan fingerprint density at radius 3 is 2.93 bits per heavy atom. The molecule has 0 radical (unpaired) electrons. The van der Waals surface area contributed by atoms with Gasteiger partial charge in [0.1, 0.15) is 0 Å². The molecule has 1 rings (SSSR count). The van der Waals surface area contributed by atoms with Crippen molar-refractivity contribution in [1.82, 2.24) is 10.4 Å². The van der Waals surface area contributed by atoms with Gasteiger partial charge in [-0.05, 0) is 18.8 Å². The second kappa shape index (κ2) is 5.55. The van der Waals surface area contributed by atoms with E-state index in [0.717, 1.165) is 25.9 Å². The van der Waals surface area contributed by atoms with E-state index in [9.17, 15) is 9.59 Å². The van der Waals surface area contributed by atoms with Crippen molar-refractivity contribution in [3.8, 4) is 0 Å². The maximum atomic E-state index is 11.5. The number of piperidine rings is 1. The quantitative estimate of drug-likeness (QED) is 0.642. The molecule has 3 amide bonds. The Hall–Kier alpha value is -1.30. The predicted octanol–water partition coefficient (Wildman–Crippen LogP) is -0.155. The fourth-order valence-electron chi connectivity index (χ4n) is 1.61. The average Bonchev–Trinajstić information content (AvgIpc) is 2.17. The van der Waals surface area contributed by atoms with Crippen LogP contribution in [-0.4, -0.2) is 36.5 Å². The molecule has 6 heteroatoms. The number of likely N-dealkylation sites (tertiary alicyclic amines) is 1. The molecule has 1 aliphatic heterocycles. The zero-order valence-electron chi connectivity index (χ0n) is 8.86. The van der Waals surface area contributed by atoms with Crippen LogP contribution < -0.4 is 11.2 Å². The number of carbonyl (C=O) groups is 2. The Labute approximate surface area is 88.7 Å². The van der Waals surface area contributed by atoms with Crippen LogP contribution in [0.15, 0.2) is 0 Å². The lowest BCUT2D eigenvalue weighted by Gasteiger charge is -2.30. The second-order valence-corrected chi connectivity index (χ2v) is 3.86. The normalized spacial score (nSPS) is 21.1. The van der Waals surface area contributed by atoms with E-state index < -0.39 is 5.91 Å². The van der Waals surface area contributed by atoms with Gasteiger partial charge in [0.05, 0.1) is 0 Å². The summed E-state index contributed by atoms with van der Waals surface area (Å²) in [4.78, 5) is 28.1. The summed E-state index contributed by atoms with van der Waals surface area (Å²) in [6.45, 7) is 3.26. The van der Waals surface area contributed by atoms with E-state index in [4.69, 9.17) is 5.73 Å². The van der Waals surface area contributed by atoms with Crippen LogP contribution in [0.4, 0.5) is 4.79 Å². The SMILES string of the molecule is CC1CCCN(C(=O)NOCC(N)=O)C1. The Balaban J connectivity index is 2.24. The van der Waals surface area contributed by atoms with Gasteiger partial charge in [0.25, 0.3) is 0 Å². The van der Waals surface area contributed by atoms with E-state index in [1.165, 1.54) is 0 Å². The summed E-state index contributed by atoms with van der Waals surface area (Å²) in [7, 11) is 0. The molecule has 3 N–H and O–H groups in total. The molecule has 0 bridgehead atoms. The fraction of sp³-hybridized carbons (Fsp3) is 0.778. The second-order valence-electron chi connectivity index (χ2n) is 3.86. The number of rotatable bonds is 3. The van der Waals surface area contributed by atoms with Crippen molar-refractivity contribution >= 4 is 11.9 Å². The van der Waals surface area contributed by atoms with E-state index in [1.807, 2.05) is 0 Å². The molecule has 1 aliphatic rings. The van der Waals surface area contributed by atoms with Crippen molar-refractivity contribution in [2.24, 2.45) is 11.7 Å². The molecule has 0 aromatic heterocycles. The third-order valence-electron chi connectivity index (χ3n) is 2.32. The molecule has 0 spiro atoms. The summed E-state index contributed by atoms with van der Waals surface area (Å²) in [5.74, 6) is -0.0945. The zero-order valence-corrected chi connectivity index (χ0v) is 8.86. The Morgan fingerprint density at radius 2 is 2.33 bits per heavy atom. The minimum atomic E-state index is -0.609. The van der Waals surface area contributed by atoms with Crippen LogP contribution in [0.25, 0.3) is 0 Å². The first-order valence-corrected chi connectivity index (χ1v) is 5.04. The maximum Gasteiger partial charge on any atom is 0.341 e. The molecular formula is C9H17N3O3. The summed E-state index contributed by atoms with van der Waals surface area (Å²) in [6, 6.07) is -0.303. The van der Waals surface area contributed by atoms with Gasteiger partial charge in [0.15, 0.2) is 6.61 Å². The first-order valence-electron chi connectivity index (χ1n) is 5.04. The topological polar surface area (TPSA) is 84.7 Å². The zero-order chi connectivity index (χ0) is 11.3. The molecule has 1 heterocycles. The van der Waals surface area contributed by atoms with E-state index in [0.29, 0.717) is 5.92 Å². The monoisotopic (exact) mass is 215 g/mol. The first-order chi connectivity index (χ1) is 7.09. The molecule has 1 atom stereocenters. The highest BCUT2D eigenvalue weighted by atomic mass is 16.7. The smallest absolute Gasteiger partial charge is 0.341 e. The number of primary amides is 1. The average molecular weight is 215 g/mol. The van der Waals surface area contributed by atoms with Crippen molar-refractivity contribution in [2.75, 3.05) is 19.7 Å². The van der Waals surface area contributed by atoms with Crippen LogP contribution in [-0.2, 0) is 9.63 Å². The van der Waals surface area contributed by atoms with Gasteiger partial charge >= 0.3 is 6.03 Å². The van der Waals surface area contributed by atoms with E-state index in [2.05, 4.69) is 17.2 Å². The van der Waals surface area contributed by atoms with Gasteiger partial charge in [-0.15, -0.1) is 0 Å². The van der Waals surface area contributed by atoms with Crippen molar-refractivity contribution in [3.05, 3.63) is 0 Å². The molecule has 0 aromatic carbocycles. The lowest BCUT2D eigenvalue weighted by molar-refractivity contribution is -0.124. The fourth-order valence-corrected chi connectivity index (χ4v) is 1.61. The summed E-state index contributed by atoms with van der Waals surface area (Å²) in [5.41, 5.74) is 7.04. The van der Waals surface area contributed by atoms with Gasteiger partial charge in [-0.25, -0.2) is 10.3 Å². The van der Waals surface area contributed by atoms with Crippen LogP contribution >= 0.6 is 0 Å². The van der Waals surface area contributed by atoms with Gasteiger partial charge in [0.2, 0.25) is 5.91 Å². The highest BCUT2D eigenvalue weighted by Gasteiger charge is 2.20. The van der Waals surface area contributed by atoms with Crippen molar-refractivity contribution in [2.45, 2.75) is 19.8 Å². The van der Waals surface area contributed by atoms with E-state index >= 15 is 0 Å². The van der Waals surface area contributed by atoms with Gasteiger partial charge in [-0.2, -0.15) is 0 Å². The molecule has 86 valence electrons. The molecule has 0 saturated carbocycles. The van der Waals surface area contributed by atoms with Crippen molar-refractivity contribution in [3.63, 3.8) is 0 Å². The summed E-state index contributed by atoms with van der Waals surface area (Å²) >= 11 is 0. The number of nitrogens with two attached hydrogens (primary N) is 1. The van der Waals surface area contributed by atoms with Gasteiger partial charge in [-0.1, -0.05) is 6.92 Å². The van der Waals surface area contributed by atoms with Crippen LogP contribution in [0.1, 0.15) is 19.8 Å². The standard InChI is InChI=1S/C9H17N3O3/c1-7-3-2-4-12(5-7)9(14)11-15-6-8(10)13/h7H,2-6H2,1H3,(H2,10,13)(H,11,14). The van der Waals surface area contributed by atoms with Crippen LogP contribution in [0, 0.1) is 5.92 Å². The third kappa shape index (κ3) is 4.16. The highest BCUT2D eigenvalue weighted by molar-refractivity contribution is 5.76. The lowest BCUT2D eigenvalue weighted by atomic mass is 10.0. The molecule has 15 heavy (non-hydrogen) atoms. The molecular weight excluding hydrogens is 198 g/mol. The summed E-state index contributed by atoms with van der Waals surface area (Å²) in [6.07, 6.45) is 2.15. The van der Waals surface area contributed by atoms with Gasteiger partial charge in [0, 0.05) is 13.1 Å². The Morgan fingerprint density at radius 1 is 1.60 bits per heavy atom. The third-order valence-corrected chi connectivity index (χ3v) is 2.32. The molecule has 0 aliphatic carbocycles. The Kier molecular flexibility index (Phi) is 4.36. The maximum absolute atomic E-state index is 11.5. The van der Waals surface area contributed by atoms with Crippen LogP contribution in [0.5, 0.6) is 0 Å². The molecule has 6 nitrogen and oxygen atoms in total. The first kappa shape index (κ1) is 11.8. The van der Waals surface area contributed by atoms with E-state index in [-0.39, 0.29) is 12.6 Å². The van der Waals surface area contributed by atoms with Gasteiger partial charge in [-0.3, -0.25) is 9.63 Å². The molecule has 1 unspecified atom stereocenters. The van der Waals surface area contributed by atoms with Crippen LogP contribution in [0.2, 0.25) is 0 Å². The number of nitrogens with zero attached hydrogens (tertiary/aromatic N) is 1.